The zero-order valence-electron chi connectivity index (χ0n) is 11.7. The first-order valence-electron chi connectivity index (χ1n) is 6.82. The number of rotatable bonds is 3. The van der Waals surface area contributed by atoms with E-state index in [4.69, 9.17) is 0 Å². The molecule has 2 rings (SSSR count). The highest BCUT2D eigenvalue weighted by Gasteiger charge is 2.19. The fourth-order valence-electron chi connectivity index (χ4n) is 2.73. The van der Waals surface area contributed by atoms with Gasteiger partial charge in [-0.2, -0.15) is 0 Å². The molecule has 1 aromatic carbocycles. The normalized spacial score (nSPS) is 15.7. The van der Waals surface area contributed by atoms with Gasteiger partial charge in [0.05, 0.1) is 0 Å². The Hall–Kier alpha value is -1.06. The second-order valence-corrected chi connectivity index (χ2v) is 4.90. The van der Waals surface area contributed by atoms with Gasteiger partial charge in [0.15, 0.2) is 0 Å². The van der Waals surface area contributed by atoms with Crippen LogP contribution in [-0.2, 0) is 0 Å². The van der Waals surface area contributed by atoms with Crippen LogP contribution in [0, 0.1) is 6.92 Å². The van der Waals surface area contributed by atoms with Gasteiger partial charge in [-0.05, 0) is 62.9 Å². The summed E-state index contributed by atoms with van der Waals surface area (Å²) in [7, 11) is 0. The zero-order valence-corrected chi connectivity index (χ0v) is 12.5. The first kappa shape index (κ1) is 16.0. The second kappa shape index (κ2) is 7.51. The van der Waals surface area contributed by atoms with Crippen LogP contribution < -0.4 is 10.6 Å². The molecule has 0 radical (unpaired) electrons. The lowest BCUT2D eigenvalue weighted by atomic mass is 9.86. The molecule has 0 saturated carbocycles. The van der Waals surface area contributed by atoms with E-state index in [0.717, 1.165) is 24.2 Å². The quantitative estimate of drug-likeness (QED) is 0.895. The largest absolute Gasteiger partial charge is 0.352 e. The van der Waals surface area contributed by atoms with Gasteiger partial charge in [-0.1, -0.05) is 12.1 Å². The molecular weight excluding hydrogens is 260 g/mol. The molecule has 106 valence electrons. The minimum absolute atomic E-state index is 0. The Morgan fingerprint density at radius 1 is 1.37 bits per heavy atom. The average molecular weight is 283 g/mol. The van der Waals surface area contributed by atoms with Crippen molar-refractivity contribution in [3.05, 3.63) is 34.9 Å². The van der Waals surface area contributed by atoms with E-state index in [1.165, 1.54) is 18.4 Å². The minimum Gasteiger partial charge on any atom is -0.352 e. The van der Waals surface area contributed by atoms with Crippen molar-refractivity contribution in [1.29, 1.82) is 0 Å². The van der Waals surface area contributed by atoms with Crippen LogP contribution in [0.15, 0.2) is 18.2 Å². The molecule has 1 fully saturated rings. The maximum atomic E-state index is 12.0. The first-order chi connectivity index (χ1) is 8.74. The molecule has 0 atom stereocenters. The highest BCUT2D eigenvalue weighted by molar-refractivity contribution is 5.95. The first-order valence-corrected chi connectivity index (χ1v) is 6.82. The van der Waals surface area contributed by atoms with Crippen molar-refractivity contribution >= 4 is 18.3 Å². The van der Waals surface area contributed by atoms with E-state index >= 15 is 0 Å². The van der Waals surface area contributed by atoms with Gasteiger partial charge in [0, 0.05) is 12.1 Å². The second-order valence-electron chi connectivity index (χ2n) is 4.90. The van der Waals surface area contributed by atoms with E-state index < -0.39 is 0 Å². The molecule has 19 heavy (non-hydrogen) atoms. The van der Waals surface area contributed by atoms with Gasteiger partial charge < -0.3 is 10.6 Å². The summed E-state index contributed by atoms with van der Waals surface area (Å²) in [6, 6.07) is 6.11. The van der Waals surface area contributed by atoms with Crippen molar-refractivity contribution in [2.24, 2.45) is 0 Å². The zero-order chi connectivity index (χ0) is 13.0. The summed E-state index contributed by atoms with van der Waals surface area (Å²) in [5, 5.41) is 6.26. The summed E-state index contributed by atoms with van der Waals surface area (Å²) in [5.74, 6) is 0.645. The molecule has 3 nitrogen and oxygen atoms in total. The standard InChI is InChI=1S/C15H22N2O.ClH/c1-3-17-15(18)14-6-4-5-13(11(14)2)12-7-9-16-10-8-12;/h4-6,12,16H,3,7-10H2,1-2H3,(H,17,18);1H. The number of carbonyl (C=O) groups excluding carboxylic acids is 1. The molecule has 1 heterocycles. The molecule has 1 saturated heterocycles. The number of amides is 1. The fourth-order valence-corrected chi connectivity index (χ4v) is 2.73. The van der Waals surface area contributed by atoms with Crippen LogP contribution in [0.5, 0.6) is 0 Å². The highest BCUT2D eigenvalue weighted by atomic mass is 35.5. The molecule has 0 spiro atoms. The lowest BCUT2D eigenvalue weighted by molar-refractivity contribution is 0.0955. The number of hydrogen-bond donors (Lipinski definition) is 2. The minimum atomic E-state index is 0. The van der Waals surface area contributed by atoms with Crippen molar-refractivity contribution in [3.8, 4) is 0 Å². The molecule has 1 aliphatic rings. The topological polar surface area (TPSA) is 41.1 Å². The summed E-state index contributed by atoms with van der Waals surface area (Å²) < 4.78 is 0. The monoisotopic (exact) mass is 282 g/mol. The molecular formula is C15H23ClN2O. The van der Waals surface area contributed by atoms with Gasteiger partial charge >= 0.3 is 0 Å². The molecule has 2 N–H and O–H groups in total. The molecule has 0 aromatic heterocycles. The number of piperidine rings is 1. The third-order valence-corrected chi connectivity index (χ3v) is 3.74. The molecule has 0 bridgehead atoms. The van der Waals surface area contributed by atoms with Crippen LogP contribution in [-0.4, -0.2) is 25.5 Å². The average Bonchev–Trinajstić information content (AvgIpc) is 2.40. The Labute approximate surface area is 121 Å². The van der Waals surface area contributed by atoms with Crippen LogP contribution in [0.25, 0.3) is 0 Å². The van der Waals surface area contributed by atoms with Crippen molar-refractivity contribution < 1.29 is 4.79 Å². The Morgan fingerprint density at radius 2 is 2.05 bits per heavy atom. The molecule has 4 heteroatoms. The number of carbonyl (C=O) groups is 1. The number of benzene rings is 1. The van der Waals surface area contributed by atoms with Crippen molar-refractivity contribution in [2.45, 2.75) is 32.6 Å². The van der Waals surface area contributed by atoms with Gasteiger partial charge in [0.25, 0.3) is 5.91 Å². The van der Waals surface area contributed by atoms with E-state index in [2.05, 4.69) is 23.6 Å². The van der Waals surface area contributed by atoms with Crippen LogP contribution in [0.4, 0.5) is 0 Å². The molecule has 0 unspecified atom stereocenters. The SMILES string of the molecule is CCNC(=O)c1cccc(C2CCNCC2)c1C.Cl. The van der Waals surface area contributed by atoms with Gasteiger partial charge in [-0.25, -0.2) is 0 Å². The van der Waals surface area contributed by atoms with Crippen LogP contribution in [0.3, 0.4) is 0 Å². The lowest BCUT2D eigenvalue weighted by Crippen LogP contribution is -2.28. The van der Waals surface area contributed by atoms with Crippen LogP contribution in [0.2, 0.25) is 0 Å². The number of halogens is 1. The van der Waals surface area contributed by atoms with E-state index in [-0.39, 0.29) is 18.3 Å². The lowest BCUT2D eigenvalue weighted by Gasteiger charge is -2.25. The Balaban J connectivity index is 0.00000180. The summed E-state index contributed by atoms with van der Waals surface area (Å²) in [6.45, 7) is 6.85. The number of hydrogen-bond acceptors (Lipinski definition) is 2. The smallest absolute Gasteiger partial charge is 0.251 e. The van der Waals surface area contributed by atoms with Gasteiger partial charge in [-0.3, -0.25) is 4.79 Å². The Bertz CT molecular complexity index is 428. The molecule has 0 aliphatic carbocycles. The van der Waals surface area contributed by atoms with Crippen molar-refractivity contribution in [3.63, 3.8) is 0 Å². The van der Waals surface area contributed by atoms with Gasteiger partial charge in [-0.15, -0.1) is 12.4 Å². The predicted molar refractivity (Wildman–Crippen MR) is 81.3 cm³/mol. The highest BCUT2D eigenvalue weighted by Crippen LogP contribution is 2.29. The maximum Gasteiger partial charge on any atom is 0.251 e. The van der Waals surface area contributed by atoms with Crippen LogP contribution >= 0.6 is 12.4 Å². The third kappa shape index (κ3) is 3.71. The summed E-state index contributed by atoms with van der Waals surface area (Å²) in [4.78, 5) is 12.0. The van der Waals surface area contributed by atoms with Gasteiger partial charge in [0.2, 0.25) is 0 Å². The summed E-state index contributed by atoms with van der Waals surface area (Å²) in [5.41, 5.74) is 3.32. The summed E-state index contributed by atoms with van der Waals surface area (Å²) in [6.07, 6.45) is 2.33. The van der Waals surface area contributed by atoms with Gasteiger partial charge in [0.1, 0.15) is 0 Å². The van der Waals surface area contributed by atoms with E-state index in [0.29, 0.717) is 12.5 Å². The van der Waals surface area contributed by atoms with E-state index in [1.807, 2.05) is 19.1 Å². The molecule has 1 aliphatic heterocycles. The predicted octanol–water partition coefficient (Wildman–Crippen LogP) is 2.63. The Kier molecular flexibility index (Phi) is 6.32. The fraction of sp³-hybridized carbons (Fsp3) is 0.533. The van der Waals surface area contributed by atoms with Crippen LogP contribution in [0.1, 0.15) is 47.2 Å². The Morgan fingerprint density at radius 3 is 2.68 bits per heavy atom. The third-order valence-electron chi connectivity index (χ3n) is 3.74. The maximum absolute atomic E-state index is 12.0. The van der Waals surface area contributed by atoms with E-state index in [1.54, 1.807) is 0 Å². The van der Waals surface area contributed by atoms with E-state index in [9.17, 15) is 4.79 Å². The number of nitrogens with one attached hydrogen (secondary N) is 2. The summed E-state index contributed by atoms with van der Waals surface area (Å²) >= 11 is 0. The molecule has 1 aromatic rings. The van der Waals surface area contributed by atoms with Crippen molar-refractivity contribution in [2.75, 3.05) is 19.6 Å². The van der Waals surface area contributed by atoms with Crippen molar-refractivity contribution in [1.82, 2.24) is 10.6 Å². The molecule has 1 amide bonds.